The molecule has 0 radical (unpaired) electrons. The van der Waals surface area contributed by atoms with Gasteiger partial charge in [0.2, 0.25) is 0 Å². The zero-order valence-electron chi connectivity index (χ0n) is 16.8. The first-order chi connectivity index (χ1) is 14.9. The third-order valence-corrected chi connectivity index (χ3v) is 5.25. The summed E-state index contributed by atoms with van der Waals surface area (Å²) in [6, 6.07) is 16.8. The molecule has 8 heteroatoms. The van der Waals surface area contributed by atoms with Crippen molar-refractivity contribution in [2.24, 2.45) is 0 Å². The molecule has 8 nitrogen and oxygen atoms in total. The van der Waals surface area contributed by atoms with Crippen LogP contribution in [0.5, 0.6) is 0 Å². The van der Waals surface area contributed by atoms with Crippen LogP contribution in [0.2, 0.25) is 0 Å². The highest BCUT2D eigenvalue weighted by Gasteiger charge is 2.31. The topological polar surface area (TPSA) is 112 Å². The second-order valence-electron chi connectivity index (χ2n) is 7.28. The normalized spacial score (nSPS) is 13.8. The van der Waals surface area contributed by atoms with Crippen molar-refractivity contribution in [1.82, 2.24) is 10.2 Å². The van der Waals surface area contributed by atoms with Gasteiger partial charge in [-0.15, -0.1) is 0 Å². The Kier molecular flexibility index (Phi) is 5.44. The number of carbonyl (C=O) groups excluding carboxylic acids is 2. The summed E-state index contributed by atoms with van der Waals surface area (Å²) in [4.78, 5) is 37.7. The van der Waals surface area contributed by atoms with Gasteiger partial charge in [0, 0.05) is 12.6 Å². The van der Waals surface area contributed by atoms with Gasteiger partial charge in [-0.25, -0.2) is 9.59 Å². The molecule has 1 unspecified atom stereocenters. The van der Waals surface area contributed by atoms with Crippen LogP contribution in [0.25, 0.3) is 0 Å². The molecule has 31 heavy (non-hydrogen) atoms. The maximum atomic E-state index is 12.6. The smallest absolute Gasteiger partial charge is 0.335 e. The summed E-state index contributed by atoms with van der Waals surface area (Å²) in [5.41, 5.74) is 2.41. The van der Waals surface area contributed by atoms with E-state index in [4.69, 9.17) is 9.52 Å². The van der Waals surface area contributed by atoms with E-state index in [-0.39, 0.29) is 35.8 Å². The molecule has 0 fully saturated rings. The number of carboxylic acid groups (broad SMARTS) is 1. The Balaban J connectivity index is 1.46. The van der Waals surface area contributed by atoms with Crippen LogP contribution in [-0.2, 0) is 13.1 Å². The number of hydrogen-bond acceptors (Lipinski definition) is 4. The molecule has 3 N–H and O–H groups in total. The van der Waals surface area contributed by atoms with Crippen LogP contribution in [0, 0.1) is 0 Å². The first-order valence-corrected chi connectivity index (χ1v) is 9.78. The predicted molar refractivity (Wildman–Crippen MR) is 113 cm³/mol. The molecular weight excluding hydrogens is 398 g/mol. The number of nitrogens with zero attached hydrogens (tertiary/aromatic N) is 1. The van der Waals surface area contributed by atoms with Crippen LogP contribution in [0.15, 0.2) is 65.1 Å². The average Bonchev–Trinajstić information content (AvgIpc) is 3.20. The summed E-state index contributed by atoms with van der Waals surface area (Å²) in [7, 11) is 0. The molecular formula is C23H21N3O5. The summed E-state index contributed by atoms with van der Waals surface area (Å²) < 4.78 is 5.73. The van der Waals surface area contributed by atoms with Crippen LogP contribution in [0.4, 0.5) is 10.5 Å². The molecule has 0 bridgehead atoms. The Hall–Kier alpha value is -4.07. The number of rotatable bonds is 6. The summed E-state index contributed by atoms with van der Waals surface area (Å²) in [5.74, 6) is -0.760. The molecule has 0 aliphatic carbocycles. The number of hydrogen-bond donors (Lipinski definition) is 3. The fourth-order valence-corrected chi connectivity index (χ4v) is 3.44. The van der Waals surface area contributed by atoms with Gasteiger partial charge in [-0.2, -0.15) is 0 Å². The number of carboxylic acids is 1. The fraction of sp³-hybridized carbons (Fsp3) is 0.174. The van der Waals surface area contributed by atoms with E-state index in [1.165, 1.54) is 18.2 Å². The third kappa shape index (κ3) is 4.28. The van der Waals surface area contributed by atoms with Crippen LogP contribution < -0.4 is 10.6 Å². The van der Waals surface area contributed by atoms with Gasteiger partial charge in [-0.1, -0.05) is 42.5 Å². The van der Waals surface area contributed by atoms with Crippen molar-refractivity contribution in [2.75, 3.05) is 5.32 Å². The van der Waals surface area contributed by atoms with Gasteiger partial charge in [0.05, 0.1) is 23.8 Å². The van der Waals surface area contributed by atoms with Crippen LogP contribution >= 0.6 is 0 Å². The molecule has 158 valence electrons. The number of aromatic carboxylic acids is 1. The number of nitrogens with one attached hydrogen (secondary N) is 2. The highest BCUT2D eigenvalue weighted by Crippen LogP contribution is 2.32. The Bertz CT molecular complexity index is 1120. The van der Waals surface area contributed by atoms with E-state index in [0.717, 1.165) is 11.1 Å². The second kappa shape index (κ2) is 8.35. The standard InChI is InChI=1S/C23H21N3O5/c1-14(16-7-9-17(10-8-16)22(28)29)26-13-20-18(25-23(26)30)11-19(31-20)21(27)24-12-15-5-3-2-4-6-15/h2-11,14H,12-13H2,1H3,(H,24,27)(H,25,30)(H,28,29). The Morgan fingerprint density at radius 3 is 2.55 bits per heavy atom. The number of carbonyl (C=O) groups is 3. The van der Waals surface area contributed by atoms with Gasteiger partial charge >= 0.3 is 12.0 Å². The summed E-state index contributed by atoms with van der Waals surface area (Å²) in [5, 5.41) is 14.6. The lowest BCUT2D eigenvalue weighted by Crippen LogP contribution is -2.39. The lowest BCUT2D eigenvalue weighted by molar-refractivity contribution is 0.0696. The first kappa shape index (κ1) is 20.2. The monoisotopic (exact) mass is 419 g/mol. The molecule has 3 amide bonds. The number of amides is 3. The van der Waals surface area contributed by atoms with Gasteiger partial charge in [0.15, 0.2) is 5.76 Å². The van der Waals surface area contributed by atoms with Crippen LogP contribution in [-0.4, -0.2) is 27.9 Å². The first-order valence-electron chi connectivity index (χ1n) is 9.78. The highest BCUT2D eigenvalue weighted by molar-refractivity contribution is 5.96. The molecule has 1 aliphatic rings. The molecule has 1 aliphatic heterocycles. The van der Waals surface area contributed by atoms with E-state index < -0.39 is 5.97 Å². The van der Waals surface area contributed by atoms with Gasteiger partial charge in [-0.3, -0.25) is 4.79 Å². The van der Waals surface area contributed by atoms with Crippen LogP contribution in [0.3, 0.4) is 0 Å². The van der Waals surface area contributed by atoms with Crippen molar-refractivity contribution in [3.63, 3.8) is 0 Å². The SMILES string of the molecule is CC(c1ccc(C(=O)O)cc1)N1Cc2oc(C(=O)NCc3ccccc3)cc2NC1=O. The van der Waals surface area contributed by atoms with E-state index in [9.17, 15) is 14.4 Å². The minimum absolute atomic E-state index is 0.126. The molecule has 3 aromatic rings. The molecule has 1 aromatic heterocycles. The Morgan fingerprint density at radius 2 is 1.87 bits per heavy atom. The number of anilines is 1. The minimum Gasteiger partial charge on any atom is -0.478 e. The van der Waals surface area contributed by atoms with E-state index in [1.807, 2.05) is 37.3 Å². The third-order valence-electron chi connectivity index (χ3n) is 5.25. The quantitative estimate of drug-likeness (QED) is 0.559. The van der Waals surface area contributed by atoms with Crippen molar-refractivity contribution in [1.29, 1.82) is 0 Å². The van der Waals surface area contributed by atoms with Crippen molar-refractivity contribution >= 4 is 23.6 Å². The van der Waals surface area contributed by atoms with Gasteiger partial charge in [0.1, 0.15) is 5.76 Å². The maximum Gasteiger partial charge on any atom is 0.335 e. The lowest BCUT2D eigenvalue weighted by atomic mass is 10.0. The summed E-state index contributed by atoms with van der Waals surface area (Å²) in [6.07, 6.45) is 0. The van der Waals surface area contributed by atoms with Crippen molar-refractivity contribution in [3.8, 4) is 0 Å². The zero-order chi connectivity index (χ0) is 22.0. The van der Waals surface area contributed by atoms with Crippen molar-refractivity contribution < 1.29 is 23.9 Å². The number of benzene rings is 2. The maximum absolute atomic E-state index is 12.6. The van der Waals surface area contributed by atoms with Crippen molar-refractivity contribution in [2.45, 2.75) is 26.1 Å². The molecule has 2 aromatic carbocycles. The number of urea groups is 1. The molecule has 2 heterocycles. The fourth-order valence-electron chi connectivity index (χ4n) is 3.44. The molecule has 0 saturated carbocycles. The van der Waals surface area contributed by atoms with E-state index in [1.54, 1.807) is 17.0 Å². The van der Waals surface area contributed by atoms with E-state index in [2.05, 4.69) is 10.6 Å². The summed E-state index contributed by atoms with van der Waals surface area (Å²) >= 11 is 0. The van der Waals surface area contributed by atoms with Crippen molar-refractivity contribution in [3.05, 3.63) is 88.9 Å². The molecule has 1 atom stereocenters. The van der Waals surface area contributed by atoms with Gasteiger partial charge < -0.3 is 25.1 Å². The van der Waals surface area contributed by atoms with Gasteiger partial charge in [-0.05, 0) is 30.2 Å². The lowest BCUT2D eigenvalue weighted by Gasteiger charge is -2.32. The number of fused-ring (bicyclic) bond motifs is 1. The predicted octanol–water partition coefficient (Wildman–Crippen LogP) is 4.02. The molecule has 0 saturated heterocycles. The Labute approximate surface area is 178 Å². The van der Waals surface area contributed by atoms with Crippen LogP contribution in [0.1, 0.15) is 50.8 Å². The second-order valence-corrected chi connectivity index (χ2v) is 7.28. The average molecular weight is 419 g/mol. The van der Waals surface area contributed by atoms with E-state index >= 15 is 0 Å². The minimum atomic E-state index is -1.01. The van der Waals surface area contributed by atoms with Gasteiger partial charge in [0.25, 0.3) is 5.91 Å². The molecule has 0 spiro atoms. The van der Waals surface area contributed by atoms with E-state index in [0.29, 0.717) is 18.0 Å². The summed E-state index contributed by atoms with van der Waals surface area (Å²) in [6.45, 7) is 2.40. The highest BCUT2D eigenvalue weighted by atomic mass is 16.4. The number of furan rings is 1. The molecule has 4 rings (SSSR count). The Morgan fingerprint density at radius 1 is 1.16 bits per heavy atom. The zero-order valence-corrected chi connectivity index (χ0v) is 16.8. The largest absolute Gasteiger partial charge is 0.478 e.